The summed E-state index contributed by atoms with van der Waals surface area (Å²) in [6.45, 7) is 3.18. The van der Waals surface area contributed by atoms with Gasteiger partial charge in [0.25, 0.3) is 0 Å². The molecule has 0 heterocycles. The predicted molar refractivity (Wildman–Crippen MR) is 59.3 cm³/mol. The lowest BCUT2D eigenvalue weighted by atomic mass is 10.0. The highest BCUT2D eigenvalue weighted by Gasteiger charge is 2.48. The van der Waals surface area contributed by atoms with E-state index in [-0.39, 0.29) is 0 Å². The van der Waals surface area contributed by atoms with Crippen molar-refractivity contribution < 1.29 is 4.79 Å². The third-order valence-electron chi connectivity index (χ3n) is 4.96. The van der Waals surface area contributed by atoms with Crippen molar-refractivity contribution in [3.05, 3.63) is 0 Å². The van der Waals surface area contributed by atoms with Gasteiger partial charge in [-0.25, -0.2) is 0 Å². The van der Waals surface area contributed by atoms with Gasteiger partial charge in [-0.05, 0) is 55.8 Å². The summed E-state index contributed by atoms with van der Waals surface area (Å²) in [6, 6.07) is 0. The Balaban J connectivity index is 1.45. The molecule has 1 amide bonds. The Kier molecular flexibility index (Phi) is 2.08. The Morgan fingerprint density at radius 2 is 1.93 bits per heavy atom. The van der Waals surface area contributed by atoms with E-state index in [1.54, 1.807) is 0 Å². The fourth-order valence-electron chi connectivity index (χ4n) is 3.18. The van der Waals surface area contributed by atoms with E-state index >= 15 is 0 Å². The maximum Gasteiger partial charge on any atom is 0.223 e. The average Bonchev–Trinajstić information content (AvgIpc) is 3.16. The van der Waals surface area contributed by atoms with Crippen LogP contribution in [0.15, 0.2) is 0 Å². The summed E-state index contributed by atoms with van der Waals surface area (Å²) in [5, 5.41) is 3.18. The summed E-state index contributed by atoms with van der Waals surface area (Å²) in [5.74, 6) is 2.55. The topological polar surface area (TPSA) is 29.1 Å². The maximum absolute atomic E-state index is 11.9. The number of rotatable bonds is 4. The summed E-state index contributed by atoms with van der Waals surface area (Å²) in [7, 11) is 0. The van der Waals surface area contributed by atoms with Crippen molar-refractivity contribution in [2.45, 2.75) is 45.4 Å². The molecular weight excluding hydrogens is 186 g/mol. The second-order valence-corrected chi connectivity index (χ2v) is 6.00. The van der Waals surface area contributed by atoms with Crippen LogP contribution in [0.3, 0.4) is 0 Å². The van der Waals surface area contributed by atoms with Crippen molar-refractivity contribution in [3.8, 4) is 0 Å². The SMILES string of the molecule is CCC1(CNC(=O)C2CC3CC3C2)CC1. The molecule has 2 unspecified atom stereocenters. The minimum absolute atomic E-state index is 0.349. The lowest BCUT2D eigenvalue weighted by Crippen LogP contribution is -2.34. The maximum atomic E-state index is 11.9. The Labute approximate surface area is 91.8 Å². The van der Waals surface area contributed by atoms with Gasteiger partial charge in [0.1, 0.15) is 0 Å². The molecule has 3 fully saturated rings. The number of nitrogens with one attached hydrogen (secondary N) is 1. The zero-order chi connectivity index (χ0) is 10.5. The third kappa shape index (κ3) is 1.79. The summed E-state index contributed by atoms with van der Waals surface area (Å²) in [6.07, 6.45) is 7.62. The van der Waals surface area contributed by atoms with Crippen LogP contribution < -0.4 is 5.32 Å². The molecule has 2 atom stereocenters. The van der Waals surface area contributed by atoms with E-state index in [0.717, 1.165) is 18.4 Å². The second kappa shape index (κ2) is 3.23. The van der Waals surface area contributed by atoms with E-state index in [2.05, 4.69) is 12.2 Å². The lowest BCUT2D eigenvalue weighted by Gasteiger charge is -2.16. The van der Waals surface area contributed by atoms with Crippen LogP contribution in [-0.4, -0.2) is 12.5 Å². The van der Waals surface area contributed by atoms with Crippen LogP contribution >= 0.6 is 0 Å². The highest BCUT2D eigenvalue weighted by atomic mass is 16.1. The molecule has 2 heteroatoms. The van der Waals surface area contributed by atoms with Crippen molar-refractivity contribution in [2.75, 3.05) is 6.54 Å². The number of carbonyl (C=O) groups is 1. The summed E-state index contributed by atoms with van der Waals surface area (Å²) >= 11 is 0. The highest BCUT2D eigenvalue weighted by molar-refractivity contribution is 5.79. The summed E-state index contributed by atoms with van der Waals surface area (Å²) in [4.78, 5) is 11.9. The monoisotopic (exact) mass is 207 g/mol. The van der Waals surface area contributed by atoms with E-state index in [4.69, 9.17) is 0 Å². The first-order chi connectivity index (χ1) is 7.22. The smallest absolute Gasteiger partial charge is 0.223 e. The van der Waals surface area contributed by atoms with Gasteiger partial charge >= 0.3 is 0 Å². The first kappa shape index (κ1) is 9.68. The molecule has 0 aromatic carbocycles. The van der Waals surface area contributed by atoms with Crippen molar-refractivity contribution >= 4 is 5.91 Å². The first-order valence-electron chi connectivity index (χ1n) is 6.50. The van der Waals surface area contributed by atoms with Crippen LogP contribution in [0.25, 0.3) is 0 Å². The van der Waals surface area contributed by atoms with E-state index in [1.807, 2.05) is 0 Å². The van der Waals surface area contributed by atoms with Gasteiger partial charge in [-0.15, -0.1) is 0 Å². The van der Waals surface area contributed by atoms with E-state index in [1.165, 1.54) is 38.5 Å². The fourth-order valence-corrected chi connectivity index (χ4v) is 3.18. The van der Waals surface area contributed by atoms with Crippen molar-refractivity contribution in [2.24, 2.45) is 23.2 Å². The second-order valence-electron chi connectivity index (χ2n) is 6.00. The molecule has 0 saturated heterocycles. The summed E-state index contributed by atoms with van der Waals surface area (Å²) < 4.78 is 0. The molecule has 0 bridgehead atoms. The quantitative estimate of drug-likeness (QED) is 0.753. The van der Waals surface area contributed by atoms with Crippen LogP contribution in [0.5, 0.6) is 0 Å². The molecule has 1 N–H and O–H groups in total. The Morgan fingerprint density at radius 3 is 2.47 bits per heavy atom. The molecule has 3 rings (SSSR count). The van der Waals surface area contributed by atoms with Gasteiger partial charge in [0.05, 0.1) is 0 Å². The number of carbonyl (C=O) groups excluding carboxylic acids is 1. The van der Waals surface area contributed by atoms with E-state index in [9.17, 15) is 4.79 Å². The van der Waals surface area contributed by atoms with Gasteiger partial charge in [0.2, 0.25) is 5.91 Å². The molecule has 0 spiro atoms. The number of hydrogen-bond donors (Lipinski definition) is 1. The summed E-state index contributed by atoms with van der Waals surface area (Å²) in [5.41, 5.74) is 0.497. The van der Waals surface area contributed by atoms with Crippen LogP contribution in [0.1, 0.15) is 45.4 Å². The Bertz CT molecular complexity index is 272. The molecule has 15 heavy (non-hydrogen) atoms. The number of fused-ring (bicyclic) bond motifs is 1. The largest absolute Gasteiger partial charge is 0.355 e. The molecule has 0 aromatic heterocycles. The number of amides is 1. The van der Waals surface area contributed by atoms with E-state index in [0.29, 0.717) is 17.2 Å². The molecule has 3 aliphatic rings. The third-order valence-corrected chi connectivity index (χ3v) is 4.96. The minimum atomic E-state index is 0.349. The molecule has 3 saturated carbocycles. The molecular formula is C13H21NO. The van der Waals surface area contributed by atoms with Crippen LogP contribution in [0, 0.1) is 23.2 Å². The Morgan fingerprint density at radius 1 is 1.27 bits per heavy atom. The molecule has 2 nitrogen and oxygen atoms in total. The van der Waals surface area contributed by atoms with Crippen LogP contribution in [0.2, 0.25) is 0 Å². The molecule has 84 valence electrons. The zero-order valence-corrected chi connectivity index (χ0v) is 9.59. The van der Waals surface area contributed by atoms with Crippen molar-refractivity contribution in [1.82, 2.24) is 5.32 Å². The number of hydrogen-bond acceptors (Lipinski definition) is 1. The van der Waals surface area contributed by atoms with Gasteiger partial charge in [-0.2, -0.15) is 0 Å². The van der Waals surface area contributed by atoms with Crippen molar-refractivity contribution in [3.63, 3.8) is 0 Å². The van der Waals surface area contributed by atoms with Crippen molar-refractivity contribution in [1.29, 1.82) is 0 Å². The average molecular weight is 207 g/mol. The van der Waals surface area contributed by atoms with E-state index < -0.39 is 0 Å². The van der Waals surface area contributed by atoms with Gasteiger partial charge in [0.15, 0.2) is 0 Å². The predicted octanol–water partition coefficient (Wildman–Crippen LogP) is 2.34. The van der Waals surface area contributed by atoms with Crippen LogP contribution in [-0.2, 0) is 4.79 Å². The lowest BCUT2D eigenvalue weighted by molar-refractivity contribution is -0.125. The zero-order valence-electron chi connectivity index (χ0n) is 9.59. The molecule has 0 radical (unpaired) electrons. The van der Waals surface area contributed by atoms with Gasteiger partial charge < -0.3 is 5.32 Å². The van der Waals surface area contributed by atoms with Gasteiger partial charge in [-0.3, -0.25) is 4.79 Å². The van der Waals surface area contributed by atoms with Gasteiger partial charge in [0, 0.05) is 12.5 Å². The molecule has 0 aromatic rings. The highest BCUT2D eigenvalue weighted by Crippen LogP contribution is 2.54. The standard InChI is InChI=1S/C13H21NO/c1-2-13(3-4-13)8-14-12(15)11-6-9-5-10(9)7-11/h9-11H,2-8H2,1H3,(H,14,15). The Hall–Kier alpha value is -0.530. The molecule has 3 aliphatic carbocycles. The minimum Gasteiger partial charge on any atom is -0.355 e. The first-order valence-corrected chi connectivity index (χ1v) is 6.50. The van der Waals surface area contributed by atoms with Gasteiger partial charge in [-0.1, -0.05) is 6.92 Å². The molecule has 0 aliphatic heterocycles. The fraction of sp³-hybridized carbons (Fsp3) is 0.923. The van der Waals surface area contributed by atoms with Crippen LogP contribution in [0.4, 0.5) is 0 Å². The normalized spacial score (nSPS) is 39.7.